The average Bonchev–Trinajstić information content (AvgIpc) is 2.47. The molecular formula is C15H27N3O. The van der Waals surface area contributed by atoms with Gasteiger partial charge in [0.15, 0.2) is 0 Å². The van der Waals surface area contributed by atoms with Gasteiger partial charge < -0.3 is 10.1 Å². The van der Waals surface area contributed by atoms with Crippen LogP contribution in [-0.4, -0.2) is 49.8 Å². The van der Waals surface area contributed by atoms with Crippen LogP contribution in [0.4, 0.5) is 0 Å². The Hall–Kier alpha value is -0.630. The van der Waals surface area contributed by atoms with E-state index in [0.717, 1.165) is 32.4 Å². The molecule has 0 aromatic rings. The van der Waals surface area contributed by atoms with Crippen molar-refractivity contribution < 1.29 is 4.74 Å². The molecule has 19 heavy (non-hydrogen) atoms. The van der Waals surface area contributed by atoms with E-state index in [9.17, 15) is 5.26 Å². The Kier molecular flexibility index (Phi) is 4.83. The smallest absolute Gasteiger partial charge is 0.108 e. The van der Waals surface area contributed by atoms with Crippen LogP contribution in [0.2, 0.25) is 0 Å². The van der Waals surface area contributed by atoms with Gasteiger partial charge in [0.2, 0.25) is 0 Å². The first-order chi connectivity index (χ1) is 9.14. The summed E-state index contributed by atoms with van der Waals surface area (Å²) in [5, 5.41) is 12.7. The van der Waals surface area contributed by atoms with E-state index < -0.39 is 0 Å². The largest absolute Gasteiger partial charge is 0.380 e. The molecule has 108 valence electrons. The molecule has 0 spiro atoms. The molecule has 0 radical (unpaired) electrons. The molecule has 1 saturated carbocycles. The molecule has 0 aromatic heterocycles. The summed E-state index contributed by atoms with van der Waals surface area (Å²) < 4.78 is 5.61. The highest BCUT2D eigenvalue weighted by Gasteiger charge is 2.39. The van der Waals surface area contributed by atoms with Gasteiger partial charge in [-0.3, -0.25) is 4.90 Å². The van der Waals surface area contributed by atoms with Gasteiger partial charge in [0, 0.05) is 19.7 Å². The van der Waals surface area contributed by atoms with Gasteiger partial charge in [0.25, 0.3) is 0 Å². The molecular weight excluding hydrogens is 238 g/mol. The highest BCUT2D eigenvalue weighted by molar-refractivity contribution is 5.10. The number of nitrogens with one attached hydrogen (secondary N) is 1. The highest BCUT2D eigenvalue weighted by Crippen LogP contribution is 2.33. The maximum absolute atomic E-state index is 9.44. The zero-order chi connectivity index (χ0) is 13.9. The Morgan fingerprint density at radius 3 is 2.84 bits per heavy atom. The van der Waals surface area contributed by atoms with Crippen molar-refractivity contribution in [1.82, 2.24) is 10.2 Å². The van der Waals surface area contributed by atoms with Crippen LogP contribution in [-0.2, 0) is 4.74 Å². The van der Waals surface area contributed by atoms with Gasteiger partial charge in [-0.2, -0.15) is 5.26 Å². The Morgan fingerprint density at radius 2 is 2.21 bits per heavy atom. The molecule has 4 nitrogen and oxygen atoms in total. The maximum Gasteiger partial charge on any atom is 0.108 e. The molecule has 2 aliphatic rings. The van der Waals surface area contributed by atoms with Crippen molar-refractivity contribution in [2.75, 3.05) is 27.2 Å². The Bertz CT molecular complexity index is 341. The lowest BCUT2D eigenvalue weighted by molar-refractivity contribution is -0.0281. The van der Waals surface area contributed by atoms with Crippen molar-refractivity contribution in [3.05, 3.63) is 0 Å². The van der Waals surface area contributed by atoms with Gasteiger partial charge in [-0.25, -0.2) is 0 Å². The topological polar surface area (TPSA) is 48.3 Å². The quantitative estimate of drug-likeness (QED) is 0.845. The number of piperidine rings is 1. The number of rotatable bonds is 3. The molecule has 1 aliphatic carbocycles. The van der Waals surface area contributed by atoms with Crippen molar-refractivity contribution in [3.63, 3.8) is 0 Å². The van der Waals surface area contributed by atoms with E-state index >= 15 is 0 Å². The SMILES string of the molecule is CNC1(C#N)CCCC(N2CCC(C)C(OC)C2)C1. The Labute approximate surface area is 117 Å². The molecule has 0 aromatic carbocycles. The van der Waals surface area contributed by atoms with Crippen molar-refractivity contribution in [3.8, 4) is 6.07 Å². The lowest BCUT2D eigenvalue weighted by atomic mass is 9.78. The number of hydrogen-bond donors (Lipinski definition) is 1. The molecule has 0 amide bonds. The van der Waals surface area contributed by atoms with E-state index in [1.807, 2.05) is 14.2 Å². The average molecular weight is 265 g/mol. The summed E-state index contributed by atoms with van der Waals surface area (Å²) in [6.45, 7) is 4.45. The van der Waals surface area contributed by atoms with Crippen molar-refractivity contribution >= 4 is 0 Å². The van der Waals surface area contributed by atoms with Gasteiger partial charge in [-0.1, -0.05) is 6.92 Å². The monoisotopic (exact) mass is 265 g/mol. The second-order valence-corrected chi connectivity index (χ2v) is 6.23. The van der Waals surface area contributed by atoms with Gasteiger partial charge in [0.1, 0.15) is 5.54 Å². The zero-order valence-electron chi connectivity index (χ0n) is 12.5. The molecule has 4 atom stereocenters. The minimum atomic E-state index is -0.311. The first-order valence-electron chi connectivity index (χ1n) is 7.51. The fourth-order valence-electron chi connectivity index (χ4n) is 3.64. The fraction of sp³-hybridized carbons (Fsp3) is 0.933. The summed E-state index contributed by atoms with van der Waals surface area (Å²) >= 11 is 0. The lowest BCUT2D eigenvalue weighted by Crippen LogP contribution is -2.55. The number of ether oxygens (including phenoxy) is 1. The summed E-state index contributed by atoms with van der Waals surface area (Å²) in [5.74, 6) is 0.648. The molecule has 2 fully saturated rings. The molecule has 1 saturated heterocycles. The first kappa shape index (κ1) is 14.8. The second-order valence-electron chi connectivity index (χ2n) is 6.23. The third-order valence-corrected chi connectivity index (χ3v) is 5.16. The molecule has 1 N–H and O–H groups in total. The van der Waals surface area contributed by atoms with Crippen molar-refractivity contribution in [2.45, 2.75) is 56.7 Å². The van der Waals surface area contributed by atoms with E-state index in [1.165, 1.54) is 12.8 Å². The summed E-state index contributed by atoms with van der Waals surface area (Å²) in [4.78, 5) is 2.55. The minimum Gasteiger partial charge on any atom is -0.380 e. The number of methoxy groups -OCH3 is 1. The van der Waals surface area contributed by atoms with Gasteiger partial charge in [-0.15, -0.1) is 0 Å². The Balaban J connectivity index is 2.00. The molecule has 4 heteroatoms. The van der Waals surface area contributed by atoms with E-state index in [-0.39, 0.29) is 5.54 Å². The van der Waals surface area contributed by atoms with Gasteiger partial charge in [0.05, 0.1) is 12.2 Å². The van der Waals surface area contributed by atoms with Crippen LogP contribution in [0.15, 0.2) is 0 Å². The van der Waals surface area contributed by atoms with Crippen LogP contribution < -0.4 is 5.32 Å². The van der Waals surface area contributed by atoms with E-state index in [1.54, 1.807) is 0 Å². The first-order valence-corrected chi connectivity index (χ1v) is 7.51. The molecule has 0 bridgehead atoms. The van der Waals surface area contributed by atoms with Gasteiger partial charge >= 0.3 is 0 Å². The van der Waals surface area contributed by atoms with Crippen LogP contribution in [0.1, 0.15) is 39.0 Å². The third kappa shape index (κ3) is 3.10. The predicted octanol–water partition coefficient (Wildman–Crippen LogP) is 1.77. The molecule has 2 rings (SSSR count). The highest BCUT2D eigenvalue weighted by atomic mass is 16.5. The summed E-state index contributed by atoms with van der Waals surface area (Å²) in [6.07, 6.45) is 5.84. The van der Waals surface area contributed by atoms with Crippen LogP contribution >= 0.6 is 0 Å². The number of hydrogen-bond acceptors (Lipinski definition) is 4. The van der Waals surface area contributed by atoms with Crippen LogP contribution in [0.3, 0.4) is 0 Å². The predicted molar refractivity (Wildman–Crippen MR) is 75.8 cm³/mol. The van der Waals surface area contributed by atoms with Crippen LogP contribution in [0.5, 0.6) is 0 Å². The van der Waals surface area contributed by atoms with E-state index in [0.29, 0.717) is 18.1 Å². The number of nitrogens with zero attached hydrogens (tertiary/aromatic N) is 2. The molecule has 1 heterocycles. The number of nitriles is 1. The van der Waals surface area contributed by atoms with Crippen molar-refractivity contribution in [1.29, 1.82) is 5.26 Å². The number of likely N-dealkylation sites (tertiary alicyclic amines) is 1. The van der Waals surface area contributed by atoms with E-state index in [4.69, 9.17) is 4.74 Å². The lowest BCUT2D eigenvalue weighted by Gasteiger charge is -2.45. The fourth-order valence-corrected chi connectivity index (χ4v) is 3.64. The van der Waals surface area contributed by atoms with Crippen molar-refractivity contribution in [2.24, 2.45) is 5.92 Å². The minimum absolute atomic E-state index is 0.311. The zero-order valence-corrected chi connectivity index (χ0v) is 12.5. The second kappa shape index (κ2) is 6.21. The van der Waals surface area contributed by atoms with Gasteiger partial charge in [-0.05, 0) is 51.6 Å². The third-order valence-electron chi connectivity index (χ3n) is 5.16. The maximum atomic E-state index is 9.44. The van der Waals surface area contributed by atoms with Crippen LogP contribution in [0.25, 0.3) is 0 Å². The normalized spacial score (nSPS) is 40.8. The van der Waals surface area contributed by atoms with Crippen LogP contribution in [0, 0.1) is 17.2 Å². The summed E-state index contributed by atoms with van der Waals surface area (Å²) in [5.41, 5.74) is -0.311. The molecule has 4 unspecified atom stereocenters. The van der Waals surface area contributed by atoms with E-state index in [2.05, 4.69) is 23.2 Å². The molecule has 1 aliphatic heterocycles. The summed E-state index contributed by atoms with van der Waals surface area (Å²) in [7, 11) is 3.74. The Morgan fingerprint density at radius 1 is 1.42 bits per heavy atom. The standard InChI is InChI=1S/C15H27N3O/c1-12-6-8-18(10-14(12)19-3)13-5-4-7-15(9-13,11-16)17-2/h12-14,17H,4-10H2,1-3H3. The summed E-state index contributed by atoms with van der Waals surface area (Å²) in [6, 6.07) is 3.03.